The normalized spacial score (nSPS) is 11.0. The highest BCUT2D eigenvalue weighted by Gasteiger charge is 2.13. The molecule has 26 heavy (non-hydrogen) atoms. The topological polar surface area (TPSA) is 114 Å². The quantitative estimate of drug-likeness (QED) is 0.472. The van der Waals surface area contributed by atoms with Crippen molar-refractivity contribution >= 4 is 56.8 Å². The van der Waals surface area contributed by atoms with Crippen LogP contribution in [0.2, 0.25) is 5.02 Å². The summed E-state index contributed by atoms with van der Waals surface area (Å²) in [6.07, 6.45) is 1.60. The van der Waals surface area contributed by atoms with Gasteiger partial charge in [-0.3, -0.25) is 0 Å². The second-order valence-electron chi connectivity index (χ2n) is 5.62. The number of nitrogens with two attached hydrogens (primary N) is 1. The highest BCUT2D eigenvalue weighted by atomic mass is 35.5. The van der Waals surface area contributed by atoms with Gasteiger partial charge in [0, 0.05) is 27.7 Å². The third kappa shape index (κ3) is 2.84. The molecule has 0 saturated heterocycles. The number of anilines is 3. The number of nitrogens with zero attached hydrogens (tertiary/aromatic N) is 3. The fourth-order valence-corrected chi connectivity index (χ4v) is 2.91. The van der Waals surface area contributed by atoms with E-state index in [9.17, 15) is 9.90 Å². The summed E-state index contributed by atoms with van der Waals surface area (Å²) in [5.74, 6) is -0.465. The van der Waals surface area contributed by atoms with Crippen LogP contribution in [0.15, 0.2) is 48.7 Å². The summed E-state index contributed by atoms with van der Waals surface area (Å²) in [4.78, 5) is 24.2. The molecule has 8 heteroatoms. The molecule has 4 aromatic rings. The number of benzene rings is 2. The first-order valence-electron chi connectivity index (χ1n) is 7.63. The molecule has 0 fully saturated rings. The zero-order valence-corrected chi connectivity index (χ0v) is 14.0. The molecule has 0 saturated carbocycles. The molecule has 0 unspecified atom stereocenters. The predicted molar refractivity (Wildman–Crippen MR) is 101 cm³/mol. The Labute approximate surface area is 152 Å². The van der Waals surface area contributed by atoms with Crippen molar-refractivity contribution in [1.82, 2.24) is 15.0 Å². The van der Waals surface area contributed by atoms with Gasteiger partial charge in [0.2, 0.25) is 5.95 Å². The number of carboxylic acids is 1. The van der Waals surface area contributed by atoms with E-state index in [1.54, 1.807) is 30.5 Å². The third-order valence-electron chi connectivity index (χ3n) is 3.89. The van der Waals surface area contributed by atoms with Crippen LogP contribution >= 0.6 is 11.6 Å². The summed E-state index contributed by atoms with van der Waals surface area (Å²) in [6.45, 7) is 0. The number of nitrogen functional groups attached to an aromatic ring is 1. The van der Waals surface area contributed by atoms with Gasteiger partial charge in [0.15, 0.2) is 5.82 Å². The summed E-state index contributed by atoms with van der Waals surface area (Å²) in [5.41, 5.74) is 7.65. The number of aromatic nitrogens is 3. The number of hydrogen-bond acceptors (Lipinski definition) is 6. The predicted octanol–water partition coefficient (Wildman–Crippen LogP) is 3.86. The Bertz CT molecular complexity index is 1180. The zero-order chi connectivity index (χ0) is 18.3. The maximum atomic E-state index is 11.3. The molecule has 2 aromatic carbocycles. The Morgan fingerprint density at radius 1 is 1.12 bits per heavy atom. The van der Waals surface area contributed by atoms with Crippen molar-refractivity contribution in [1.29, 1.82) is 0 Å². The number of fused-ring (bicyclic) bond motifs is 3. The van der Waals surface area contributed by atoms with Crippen LogP contribution in [-0.2, 0) is 0 Å². The van der Waals surface area contributed by atoms with Crippen molar-refractivity contribution in [3.05, 3.63) is 59.2 Å². The Balaban J connectivity index is 1.98. The molecule has 2 aromatic heterocycles. The Morgan fingerprint density at radius 3 is 2.73 bits per heavy atom. The first-order chi connectivity index (χ1) is 12.5. The third-order valence-corrected chi connectivity index (χ3v) is 4.12. The number of rotatable bonds is 3. The minimum Gasteiger partial charge on any atom is -0.478 e. The molecule has 0 aliphatic heterocycles. The smallest absolute Gasteiger partial charge is 0.335 e. The van der Waals surface area contributed by atoms with E-state index in [2.05, 4.69) is 20.3 Å². The van der Waals surface area contributed by atoms with Crippen LogP contribution in [-0.4, -0.2) is 26.0 Å². The van der Waals surface area contributed by atoms with Crippen LogP contribution in [0.4, 0.5) is 17.5 Å². The number of pyridine rings is 1. The lowest BCUT2D eigenvalue weighted by Gasteiger charge is -2.11. The van der Waals surface area contributed by atoms with Gasteiger partial charge in [-0.15, -0.1) is 0 Å². The summed E-state index contributed by atoms with van der Waals surface area (Å²) < 4.78 is 0. The second-order valence-corrected chi connectivity index (χ2v) is 6.06. The molecule has 0 aliphatic carbocycles. The fraction of sp³-hybridized carbons (Fsp3) is 0. The number of carboxylic acid groups (broad SMARTS) is 1. The minimum atomic E-state index is -1.02. The molecule has 2 heterocycles. The van der Waals surface area contributed by atoms with Crippen molar-refractivity contribution < 1.29 is 9.90 Å². The zero-order valence-electron chi connectivity index (χ0n) is 13.3. The lowest BCUT2D eigenvalue weighted by Crippen LogP contribution is -2.02. The summed E-state index contributed by atoms with van der Waals surface area (Å²) in [5, 5.41) is 14.4. The molecule has 0 spiro atoms. The van der Waals surface area contributed by atoms with Gasteiger partial charge < -0.3 is 16.2 Å². The molecular formula is C18H12ClN5O2. The summed E-state index contributed by atoms with van der Waals surface area (Å²) >= 11 is 6.03. The molecule has 4 N–H and O–H groups in total. The standard InChI is InChI=1S/C18H12ClN5O2/c19-10-2-1-3-11(7-10)22-16-15-13(8-21-18(20)24-15)12-5-4-9(17(25)26)6-14(12)23-16/h1-8H,(H,22,23)(H,25,26)(H2,20,21,24). The summed E-state index contributed by atoms with van der Waals surface area (Å²) in [7, 11) is 0. The van der Waals surface area contributed by atoms with Gasteiger partial charge >= 0.3 is 5.97 Å². The Hall–Kier alpha value is -3.45. The number of hydrogen-bond donors (Lipinski definition) is 3. The van der Waals surface area contributed by atoms with Gasteiger partial charge in [-0.2, -0.15) is 0 Å². The van der Waals surface area contributed by atoms with Gasteiger partial charge in [0.1, 0.15) is 5.52 Å². The van der Waals surface area contributed by atoms with E-state index in [-0.39, 0.29) is 11.5 Å². The van der Waals surface area contributed by atoms with Gasteiger partial charge in [-0.05, 0) is 30.3 Å². The SMILES string of the molecule is Nc1ncc2c(n1)c(Nc1cccc(Cl)c1)nc1cc(C(=O)O)ccc12. The molecule has 4 rings (SSSR count). The van der Waals surface area contributed by atoms with Gasteiger partial charge in [-0.25, -0.2) is 19.7 Å². The maximum Gasteiger partial charge on any atom is 0.335 e. The van der Waals surface area contributed by atoms with Gasteiger partial charge in [-0.1, -0.05) is 23.7 Å². The lowest BCUT2D eigenvalue weighted by atomic mass is 10.1. The molecule has 7 nitrogen and oxygen atoms in total. The van der Waals surface area contributed by atoms with E-state index in [0.29, 0.717) is 27.3 Å². The van der Waals surface area contributed by atoms with Crippen molar-refractivity contribution in [2.75, 3.05) is 11.1 Å². The van der Waals surface area contributed by atoms with Crippen molar-refractivity contribution in [3.8, 4) is 0 Å². The van der Waals surface area contributed by atoms with Crippen LogP contribution in [0.25, 0.3) is 21.8 Å². The van der Waals surface area contributed by atoms with Crippen LogP contribution < -0.4 is 11.1 Å². The van der Waals surface area contributed by atoms with Gasteiger partial charge in [0.25, 0.3) is 0 Å². The minimum absolute atomic E-state index is 0.120. The van der Waals surface area contributed by atoms with Crippen LogP contribution in [0, 0.1) is 0 Å². The van der Waals surface area contributed by atoms with E-state index in [4.69, 9.17) is 17.3 Å². The first kappa shape index (κ1) is 16.0. The van der Waals surface area contributed by atoms with E-state index in [1.165, 1.54) is 12.1 Å². The average Bonchev–Trinajstić information content (AvgIpc) is 2.61. The number of halogens is 1. The van der Waals surface area contributed by atoms with E-state index in [0.717, 1.165) is 11.1 Å². The highest BCUT2D eigenvalue weighted by Crippen LogP contribution is 2.30. The first-order valence-corrected chi connectivity index (χ1v) is 8.01. The van der Waals surface area contributed by atoms with Crippen molar-refractivity contribution in [3.63, 3.8) is 0 Å². The number of aromatic carboxylic acids is 1. The Kier molecular flexibility index (Phi) is 3.78. The second kappa shape index (κ2) is 6.12. The number of carbonyl (C=O) groups is 1. The fourth-order valence-electron chi connectivity index (χ4n) is 2.72. The van der Waals surface area contributed by atoms with E-state index < -0.39 is 5.97 Å². The summed E-state index contributed by atoms with van der Waals surface area (Å²) in [6, 6.07) is 11.9. The van der Waals surface area contributed by atoms with Gasteiger partial charge in [0.05, 0.1) is 11.1 Å². The Morgan fingerprint density at radius 2 is 1.96 bits per heavy atom. The number of nitrogens with one attached hydrogen (secondary N) is 1. The van der Waals surface area contributed by atoms with E-state index in [1.807, 2.05) is 6.07 Å². The lowest BCUT2D eigenvalue weighted by molar-refractivity contribution is 0.0697. The monoisotopic (exact) mass is 365 g/mol. The van der Waals surface area contributed by atoms with Crippen LogP contribution in [0.5, 0.6) is 0 Å². The molecule has 0 atom stereocenters. The van der Waals surface area contributed by atoms with Crippen molar-refractivity contribution in [2.45, 2.75) is 0 Å². The van der Waals surface area contributed by atoms with E-state index >= 15 is 0 Å². The van der Waals surface area contributed by atoms with Crippen LogP contribution in [0.1, 0.15) is 10.4 Å². The molecule has 128 valence electrons. The average molecular weight is 366 g/mol. The maximum absolute atomic E-state index is 11.3. The van der Waals surface area contributed by atoms with Crippen molar-refractivity contribution in [2.24, 2.45) is 0 Å². The van der Waals surface area contributed by atoms with Crippen LogP contribution in [0.3, 0.4) is 0 Å². The molecule has 0 aliphatic rings. The molecule has 0 radical (unpaired) electrons. The molecule has 0 bridgehead atoms. The molecule has 0 amide bonds. The molecular weight excluding hydrogens is 354 g/mol. The highest BCUT2D eigenvalue weighted by molar-refractivity contribution is 6.30. The largest absolute Gasteiger partial charge is 0.478 e.